The number of nitrogens with zero attached hydrogens (tertiary/aromatic N) is 2. The molecule has 1 aliphatic rings. The summed E-state index contributed by atoms with van der Waals surface area (Å²) in [4.78, 5) is 12.5. The van der Waals surface area contributed by atoms with Gasteiger partial charge in [-0.15, -0.1) is 0 Å². The Morgan fingerprint density at radius 3 is 2.57 bits per heavy atom. The molecule has 0 saturated carbocycles. The van der Waals surface area contributed by atoms with Crippen LogP contribution in [0.15, 0.2) is 23.1 Å². The second-order valence-electron chi connectivity index (χ2n) is 5.69. The number of nitrogens with two attached hydrogens (primary N) is 1. The lowest BCUT2D eigenvalue weighted by atomic mass is 9.96. The zero-order valence-electron chi connectivity index (χ0n) is 12.0. The molecule has 1 heterocycles. The molecule has 8 heteroatoms. The number of nitro benzene ring substituents is 1. The third-order valence-corrected chi connectivity index (χ3v) is 4.71. The van der Waals surface area contributed by atoms with E-state index in [0.717, 1.165) is 18.7 Å². The maximum Gasteiger partial charge on any atom is 0.293 e. The Labute approximate surface area is 123 Å². The molecule has 0 amide bonds. The Morgan fingerprint density at radius 2 is 2.05 bits per heavy atom. The summed E-state index contributed by atoms with van der Waals surface area (Å²) < 4.78 is 23.1. The summed E-state index contributed by atoms with van der Waals surface area (Å²) in [6, 6.07) is 3.99. The zero-order valence-corrected chi connectivity index (χ0v) is 12.8. The number of benzene rings is 1. The number of piperidine rings is 1. The fourth-order valence-corrected chi connectivity index (χ4v) is 3.38. The number of rotatable bonds is 3. The predicted octanol–water partition coefficient (Wildman–Crippen LogP) is 1.17. The summed E-state index contributed by atoms with van der Waals surface area (Å²) in [5.41, 5.74) is 6.20. The van der Waals surface area contributed by atoms with Gasteiger partial charge >= 0.3 is 0 Å². The van der Waals surface area contributed by atoms with Crippen molar-refractivity contribution in [2.75, 3.05) is 24.2 Å². The van der Waals surface area contributed by atoms with E-state index in [2.05, 4.69) is 0 Å². The summed E-state index contributed by atoms with van der Waals surface area (Å²) in [5.74, 6) is 0.336. The smallest absolute Gasteiger partial charge is 0.293 e. The van der Waals surface area contributed by atoms with Crippen LogP contribution in [-0.4, -0.2) is 38.7 Å². The molecule has 0 radical (unpaired) electrons. The van der Waals surface area contributed by atoms with Gasteiger partial charge in [0.25, 0.3) is 5.69 Å². The second kappa shape index (κ2) is 5.61. The summed E-state index contributed by atoms with van der Waals surface area (Å²) in [6.07, 6.45) is 1.91. The minimum atomic E-state index is -3.48. The highest BCUT2D eigenvalue weighted by Gasteiger charge is 2.28. The molecule has 0 aromatic heterocycles. The van der Waals surface area contributed by atoms with Gasteiger partial charge in [0.05, 0.1) is 9.82 Å². The summed E-state index contributed by atoms with van der Waals surface area (Å²) >= 11 is 0. The van der Waals surface area contributed by atoms with Gasteiger partial charge in [-0.25, -0.2) is 8.42 Å². The maximum absolute atomic E-state index is 11.5. The first-order valence-electron chi connectivity index (χ1n) is 6.67. The van der Waals surface area contributed by atoms with E-state index in [-0.39, 0.29) is 16.6 Å². The van der Waals surface area contributed by atoms with Crippen LogP contribution < -0.4 is 10.6 Å². The van der Waals surface area contributed by atoms with Gasteiger partial charge < -0.3 is 10.6 Å². The van der Waals surface area contributed by atoms with E-state index in [1.54, 1.807) is 0 Å². The Hall–Kier alpha value is -1.67. The maximum atomic E-state index is 11.5. The van der Waals surface area contributed by atoms with Crippen LogP contribution in [-0.2, 0) is 9.84 Å². The quantitative estimate of drug-likeness (QED) is 0.663. The van der Waals surface area contributed by atoms with E-state index in [9.17, 15) is 18.5 Å². The van der Waals surface area contributed by atoms with Gasteiger partial charge in [-0.2, -0.15) is 0 Å². The van der Waals surface area contributed by atoms with Crippen LogP contribution >= 0.6 is 0 Å². The molecule has 2 unspecified atom stereocenters. The fourth-order valence-electron chi connectivity index (χ4n) is 2.74. The van der Waals surface area contributed by atoms with Crippen molar-refractivity contribution in [3.63, 3.8) is 0 Å². The number of sulfone groups is 1. The van der Waals surface area contributed by atoms with Gasteiger partial charge in [0.1, 0.15) is 5.69 Å². The Balaban J connectivity index is 2.46. The van der Waals surface area contributed by atoms with Gasteiger partial charge in [-0.3, -0.25) is 10.1 Å². The van der Waals surface area contributed by atoms with Crippen molar-refractivity contribution in [2.24, 2.45) is 11.7 Å². The molecule has 2 atom stereocenters. The van der Waals surface area contributed by atoms with Crippen molar-refractivity contribution < 1.29 is 13.3 Å². The van der Waals surface area contributed by atoms with Gasteiger partial charge in [0, 0.05) is 31.5 Å². The first kappa shape index (κ1) is 15.7. The lowest BCUT2D eigenvalue weighted by Gasteiger charge is -2.36. The molecule has 7 nitrogen and oxygen atoms in total. The van der Waals surface area contributed by atoms with Crippen LogP contribution in [0.25, 0.3) is 0 Å². The van der Waals surface area contributed by atoms with Crippen LogP contribution in [0.5, 0.6) is 0 Å². The largest absolute Gasteiger partial charge is 0.364 e. The van der Waals surface area contributed by atoms with Crippen molar-refractivity contribution in [3.05, 3.63) is 28.3 Å². The molecule has 116 valence electrons. The lowest BCUT2D eigenvalue weighted by molar-refractivity contribution is -0.384. The van der Waals surface area contributed by atoms with Crippen LogP contribution in [0, 0.1) is 16.0 Å². The zero-order chi connectivity index (χ0) is 15.8. The SMILES string of the molecule is CC1CC(N)CN(c2ccc(S(C)(=O)=O)cc2[N+](=O)[O-])C1. The fraction of sp³-hybridized carbons (Fsp3) is 0.538. The third kappa shape index (κ3) is 3.51. The first-order valence-corrected chi connectivity index (χ1v) is 8.56. The van der Waals surface area contributed by atoms with Crippen molar-refractivity contribution in [2.45, 2.75) is 24.3 Å². The minimum absolute atomic E-state index is 0.0389. The Bertz CT molecular complexity index is 649. The highest BCUT2D eigenvalue weighted by atomic mass is 32.2. The molecule has 2 N–H and O–H groups in total. The molecule has 0 spiro atoms. The van der Waals surface area contributed by atoms with Gasteiger partial charge in [0.15, 0.2) is 9.84 Å². The Kier molecular flexibility index (Phi) is 4.20. The molecule has 1 aromatic carbocycles. The van der Waals surface area contributed by atoms with Gasteiger partial charge in [-0.05, 0) is 24.5 Å². The van der Waals surface area contributed by atoms with Gasteiger partial charge in [-0.1, -0.05) is 6.92 Å². The van der Waals surface area contributed by atoms with Crippen LogP contribution in [0.4, 0.5) is 11.4 Å². The normalized spacial score (nSPS) is 23.1. The van der Waals surface area contributed by atoms with E-state index in [4.69, 9.17) is 5.73 Å². The second-order valence-corrected chi connectivity index (χ2v) is 7.70. The summed E-state index contributed by atoms with van der Waals surface area (Å²) in [6.45, 7) is 3.25. The third-order valence-electron chi connectivity index (χ3n) is 3.60. The molecule has 1 saturated heterocycles. The molecular weight excluding hydrogens is 294 g/mol. The molecule has 1 aromatic rings. The lowest BCUT2D eigenvalue weighted by Crippen LogP contribution is -2.46. The summed E-state index contributed by atoms with van der Waals surface area (Å²) in [7, 11) is -3.48. The van der Waals surface area contributed by atoms with Gasteiger partial charge in [0.2, 0.25) is 0 Å². The van der Waals surface area contributed by atoms with Crippen molar-refractivity contribution in [1.82, 2.24) is 0 Å². The molecule has 1 aliphatic heterocycles. The van der Waals surface area contributed by atoms with Crippen molar-refractivity contribution >= 4 is 21.2 Å². The predicted molar refractivity (Wildman–Crippen MR) is 80.2 cm³/mol. The standard InChI is InChI=1S/C13H19N3O4S/c1-9-5-10(14)8-15(7-9)12-4-3-11(21(2,19)20)6-13(12)16(17)18/h3-4,6,9-10H,5,7-8,14H2,1-2H3. The highest BCUT2D eigenvalue weighted by molar-refractivity contribution is 7.90. The number of nitro groups is 1. The molecule has 0 bridgehead atoms. The topological polar surface area (TPSA) is 107 Å². The number of hydrogen-bond donors (Lipinski definition) is 1. The van der Waals surface area contributed by atoms with E-state index in [0.29, 0.717) is 24.7 Å². The van der Waals surface area contributed by atoms with E-state index in [1.165, 1.54) is 12.1 Å². The highest BCUT2D eigenvalue weighted by Crippen LogP contribution is 2.33. The number of hydrogen-bond acceptors (Lipinski definition) is 6. The first-order chi connectivity index (χ1) is 9.68. The van der Waals surface area contributed by atoms with E-state index < -0.39 is 14.8 Å². The van der Waals surface area contributed by atoms with Crippen molar-refractivity contribution in [3.8, 4) is 0 Å². The Morgan fingerprint density at radius 1 is 1.38 bits per heavy atom. The van der Waals surface area contributed by atoms with E-state index in [1.807, 2.05) is 11.8 Å². The molecule has 2 rings (SSSR count). The average Bonchev–Trinajstić information content (AvgIpc) is 2.35. The van der Waals surface area contributed by atoms with Crippen LogP contribution in [0.1, 0.15) is 13.3 Å². The van der Waals surface area contributed by atoms with Crippen LogP contribution in [0.2, 0.25) is 0 Å². The molecular formula is C13H19N3O4S. The van der Waals surface area contributed by atoms with Crippen molar-refractivity contribution in [1.29, 1.82) is 0 Å². The molecule has 1 fully saturated rings. The van der Waals surface area contributed by atoms with Crippen LogP contribution in [0.3, 0.4) is 0 Å². The van der Waals surface area contributed by atoms with E-state index >= 15 is 0 Å². The molecule has 0 aliphatic carbocycles. The monoisotopic (exact) mass is 313 g/mol. The minimum Gasteiger partial charge on any atom is -0.364 e. The average molecular weight is 313 g/mol. The summed E-state index contributed by atoms with van der Waals surface area (Å²) in [5, 5.41) is 11.3. The number of anilines is 1. The molecule has 21 heavy (non-hydrogen) atoms.